The fraction of sp³-hybridized carbons (Fsp3) is 0.462. The molecule has 198 valence electrons. The smallest absolute Gasteiger partial charge is 0.313 e. The van der Waals surface area contributed by atoms with E-state index < -0.39 is 24.3 Å². The first-order valence-corrected chi connectivity index (χ1v) is 13.1. The number of aromatic nitrogens is 2. The van der Waals surface area contributed by atoms with Gasteiger partial charge in [0, 0.05) is 6.54 Å². The summed E-state index contributed by atoms with van der Waals surface area (Å²) < 4.78 is 29.9. The van der Waals surface area contributed by atoms with Crippen molar-refractivity contribution in [3.8, 4) is 0 Å². The van der Waals surface area contributed by atoms with Crippen LogP contribution in [0.25, 0.3) is 10.2 Å². The van der Waals surface area contributed by atoms with E-state index in [-0.39, 0.29) is 17.0 Å². The number of hydrogen-bond donors (Lipinski definition) is 2. The Kier molecular flexibility index (Phi) is 7.75. The molecule has 1 fully saturated rings. The second kappa shape index (κ2) is 10.7. The Hall–Kier alpha value is -3.18. The number of alkyl halides is 2. The number of likely N-dealkylation sites (N-methyl/N-ethyl adjacent to an activating group) is 1. The fourth-order valence-electron chi connectivity index (χ4n) is 4.68. The number of halogens is 2. The number of aryl methyl sites for hydroxylation is 1. The lowest BCUT2D eigenvalue weighted by atomic mass is 9.89. The molecule has 1 aromatic carbocycles. The van der Waals surface area contributed by atoms with Gasteiger partial charge in [0.25, 0.3) is 0 Å². The number of pyridine rings is 1. The number of carbonyl (C=O) groups is 2. The lowest BCUT2D eigenvalue weighted by Gasteiger charge is -2.38. The van der Waals surface area contributed by atoms with Crippen molar-refractivity contribution >= 4 is 44.9 Å². The monoisotopic (exact) mass is 530 g/mol. The number of fused-ring (bicyclic) bond motifs is 1. The zero-order valence-corrected chi connectivity index (χ0v) is 22.2. The van der Waals surface area contributed by atoms with Gasteiger partial charge in [0.05, 0.1) is 34.7 Å². The van der Waals surface area contributed by atoms with Crippen molar-refractivity contribution in [1.82, 2.24) is 19.8 Å². The van der Waals surface area contributed by atoms with Crippen LogP contribution in [0.2, 0.25) is 0 Å². The molecule has 1 aliphatic heterocycles. The van der Waals surface area contributed by atoms with Crippen LogP contribution in [0.1, 0.15) is 48.9 Å². The summed E-state index contributed by atoms with van der Waals surface area (Å²) in [5.41, 5.74) is 8.27. The molecule has 0 radical (unpaired) electrons. The topological polar surface area (TPSA) is 104 Å². The number of amides is 2. The van der Waals surface area contributed by atoms with Gasteiger partial charge in [0.2, 0.25) is 0 Å². The number of rotatable bonds is 6. The average molecular weight is 531 g/mol. The molecule has 0 aliphatic carbocycles. The number of thiazole rings is 1. The Labute approximate surface area is 218 Å². The van der Waals surface area contributed by atoms with Crippen LogP contribution in [-0.2, 0) is 21.9 Å². The van der Waals surface area contributed by atoms with Crippen LogP contribution in [0.3, 0.4) is 0 Å². The van der Waals surface area contributed by atoms with Crippen molar-refractivity contribution in [1.29, 1.82) is 0 Å². The first-order chi connectivity index (χ1) is 17.5. The predicted molar refractivity (Wildman–Crippen MR) is 142 cm³/mol. The summed E-state index contributed by atoms with van der Waals surface area (Å²) in [6, 6.07) is 6.72. The summed E-state index contributed by atoms with van der Waals surface area (Å²) in [5.74, 6) is -3.87. The van der Waals surface area contributed by atoms with Gasteiger partial charge in [-0.25, -0.2) is 9.97 Å². The van der Waals surface area contributed by atoms with Gasteiger partial charge in [-0.3, -0.25) is 9.59 Å². The maximum absolute atomic E-state index is 14.6. The lowest BCUT2D eigenvalue weighted by molar-refractivity contribution is -0.146. The molecular formula is C26H32F2N6O2S. The molecule has 2 amide bonds. The van der Waals surface area contributed by atoms with E-state index in [1.165, 1.54) is 11.1 Å². The Morgan fingerprint density at radius 2 is 2.03 bits per heavy atom. The molecule has 0 saturated carbocycles. The number of nitrogen functional groups attached to an aromatic ring is 1. The zero-order valence-electron chi connectivity index (χ0n) is 21.4. The highest BCUT2D eigenvalue weighted by Crippen LogP contribution is 2.38. The van der Waals surface area contributed by atoms with Crippen molar-refractivity contribution in [3.63, 3.8) is 0 Å². The molecule has 1 aliphatic rings. The summed E-state index contributed by atoms with van der Waals surface area (Å²) in [6.07, 6.45) is 3.60. The molecule has 2 aromatic heterocycles. The highest BCUT2D eigenvalue weighted by atomic mass is 32.1. The Morgan fingerprint density at radius 1 is 1.27 bits per heavy atom. The van der Waals surface area contributed by atoms with Gasteiger partial charge in [-0.05, 0) is 68.6 Å². The van der Waals surface area contributed by atoms with Crippen LogP contribution in [0.4, 0.5) is 20.3 Å². The van der Waals surface area contributed by atoms with Gasteiger partial charge in [-0.15, -0.1) is 11.3 Å². The lowest BCUT2D eigenvalue weighted by Crippen LogP contribution is -2.46. The quantitative estimate of drug-likeness (QED) is 0.457. The minimum Gasteiger partial charge on any atom is -0.383 e. The third-order valence-electron chi connectivity index (χ3n) is 6.54. The van der Waals surface area contributed by atoms with Crippen LogP contribution < -0.4 is 11.1 Å². The summed E-state index contributed by atoms with van der Waals surface area (Å²) in [7, 11) is 3.19. The minimum absolute atomic E-state index is 0.220. The first-order valence-electron chi connectivity index (χ1n) is 12.3. The van der Waals surface area contributed by atoms with Crippen LogP contribution in [-0.4, -0.2) is 58.8 Å². The number of likely N-dealkylation sites (tertiary alicyclic amines) is 1. The number of nitrogens with two attached hydrogens (primary N) is 1. The molecule has 3 aromatic rings. The number of hydrogen-bond acceptors (Lipinski definition) is 7. The van der Waals surface area contributed by atoms with Crippen LogP contribution in [0.5, 0.6) is 0 Å². The maximum Gasteiger partial charge on any atom is 0.313 e. The molecule has 11 heteroatoms. The van der Waals surface area contributed by atoms with Crippen molar-refractivity contribution in [2.75, 3.05) is 38.2 Å². The SMILES string of the molecule is CCc1cc(NC(=O)C(=O)N2C[C@@H](C)CC[C@@H]2c2ccc3sc(C(F)(F)CN(C)C)nc3c2)cnc1N. The number of nitrogens with zero attached hydrogens (tertiary/aromatic N) is 4. The second-order valence-corrected chi connectivity index (χ2v) is 11.0. The molecule has 0 bridgehead atoms. The summed E-state index contributed by atoms with van der Waals surface area (Å²) >= 11 is 0.972. The van der Waals surface area contributed by atoms with Crippen molar-refractivity contribution < 1.29 is 18.4 Å². The fourth-order valence-corrected chi connectivity index (χ4v) is 5.60. The van der Waals surface area contributed by atoms with Gasteiger partial charge in [-0.1, -0.05) is 19.9 Å². The molecule has 0 spiro atoms. The van der Waals surface area contributed by atoms with E-state index in [0.29, 0.717) is 41.1 Å². The van der Waals surface area contributed by atoms with E-state index in [1.807, 2.05) is 19.9 Å². The molecule has 37 heavy (non-hydrogen) atoms. The number of nitrogens with one attached hydrogen (secondary N) is 1. The van der Waals surface area contributed by atoms with E-state index >= 15 is 0 Å². The summed E-state index contributed by atoms with van der Waals surface area (Å²) in [6.45, 7) is 3.95. The maximum atomic E-state index is 14.6. The predicted octanol–water partition coefficient (Wildman–Crippen LogP) is 4.43. The minimum atomic E-state index is -3.07. The third-order valence-corrected chi connectivity index (χ3v) is 7.69. The summed E-state index contributed by atoms with van der Waals surface area (Å²) in [4.78, 5) is 37.6. The molecular weight excluding hydrogens is 498 g/mol. The molecule has 3 N–H and O–H groups in total. The number of carbonyl (C=O) groups excluding carboxylic acids is 2. The van der Waals surface area contributed by atoms with E-state index in [9.17, 15) is 18.4 Å². The van der Waals surface area contributed by atoms with Gasteiger partial charge in [0.1, 0.15) is 5.82 Å². The number of anilines is 2. The molecule has 3 heterocycles. The highest BCUT2D eigenvalue weighted by Gasteiger charge is 2.37. The summed E-state index contributed by atoms with van der Waals surface area (Å²) in [5, 5.41) is 2.41. The first kappa shape index (κ1) is 26.9. The Bertz CT molecular complexity index is 1310. The molecule has 2 atom stereocenters. The van der Waals surface area contributed by atoms with Crippen LogP contribution in [0.15, 0.2) is 30.5 Å². The van der Waals surface area contributed by atoms with Gasteiger partial charge in [0.15, 0.2) is 5.01 Å². The zero-order chi connectivity index (χ0) is 26.9. The standard InChI is InChI=1S/C26H32F2N6O2S/c1-5-16-10-18(12-30-22(16)29)31-23(35)24(36)34-13-15(2)6-8-20(34)17-7-9-21-19(11-17)32-25(37-21)26(27,28)14-33(3)4/h7,9-12,15,20H,5-6,8,13-14H2,1-4H3,(H2,29,30)(H,31,35)/t15-,20+/m0/s1. The molecule has 8 nitrogen and oxygen atoms in total. The normalized spacial score (nSPS) is 18.4. The van der Waals surface area contributed by atoms with Gasteiger partial charge >= 0.3 is 17.7 Å². The Balaban J connectivity index is 1.58. The van der Waals surface area contributed by atoms with Crippen molar-refractivity contribution in [2.45, 2.75) is 45.1 Å². The van der Waals surface area contributed by atoms with E-state index in [2.05, 4.69) is 15.3 Å². The van der Waals surface area contributed by atoms with Crippen molar-refractivity contribution in [3.05, 3.63) is 46.6 Å². The largest absolute Gasteiger partial charge is 0.383 e. The molecule has 4 rings (SSSR count). The van der Waals surface area contributed by atoms with E-state index in [0.717, 1.165) is 28.9 Å². The number of benzene rings is 1. The van der Waals surface area contributed by atoms with Gasteiger partial charge < -0.3 is 20.9 Å². The molecule has 0 unspecified atom stereocenters. The van der Waals surface area contributed by atoms with Crippen molar-refractivity contribution in [2.24, 2.45) is 5.92 Å². The second-order valence-electron chi connectivity index (χ2n) is 9.92. The number of piperidine rings is 1. The third kappa shape index (κ3) is 5.88. The van der Waals surface area contributed by atoms with Gasteiger partial charge in [-0.2, -0.15) is 8.78 Å². The van der Waals surface area contributed by atoms with Crippen LogP contribution >= 0.6 is 11.3 Å². The average Bonchev–Trinajstić information content (AvgIpc) is 3.28. The van der Waals surface area contributed by atoms with Crippen LogP contribution in [0, 0.1) is 5.92 Å². The molecule has 1 saturated heterocycles. The van der Waals surface area contributed by atoms with E-state index in [4.69, 9.17) is 5.73 Å². The Morgan fingerprint density at radius 3 is 2.73 bits per heavy atom. The highest BCUT2D eigenvalue weighted by molar-refractivity contribution is 7.18. The van der Waals surface area contributed by atoms with E-state index in [1.54, 1.807) is 37.2 Å².